The van der Waals surface area contributed by atoms with E-state index in [2.05, 4.69) is 0 Å². The summed E-state index contributed by atoms with van der Waals surface area (Å²) in [6, 6.07) is 11.2. The molecule has 182 valence electrons. The van der Waals surface area contributed by atoms with Crippen molar-refractivity contribution < 1.29 is 29.6 Å². The maximum Gasteiger partial charge on any atom is 0.340 e. The van der Waals surface area contributed by atoms with Gasteiger partial charge in [-0.1, -0.05) is 45.9 Å². The van der Waals surface area contributed by atoms with Gasteiger partial charge in [-0.3, -0.25) is 0 Å². The van der Waals surface area contributed by atoms with E-state index in [-0.39, 0.29) is 28.2 Å². The number of phenolic OH excluding ortho intramolecular Hbond substituents is 2. The van der Waals surface area contributed by atoms with Crippen LogP contribution >= 0.6 is 0 Å². The van der Waals surface area contributed by atoms with Gasteiger partial charge in [-0.2, -0.15) is 0 Å². The molecular formula is C29H30O6. The Kier molecular flexibility index (Phi) is 6.32. The van der Waals surface area contributed by atoms with Gasteiger partial charge >= 0.3 is 11.9 Å². The number of hydrogen-bond donors (Lipinski definition) is 3. The van der Waals surface area contributed by atoms with E-state index in [1.807, 2.05) is 39.8 Å². The largest absolute Gasteiger partial charge is 0.507 e. The zero-order valence-electron chi connectivity index (χ0n) is 20.4. The number of phenols is 2. The fourth-order valence-corrected chi connectivity index (χ4v) is 5.62. The van der Waals surface area contributed by atoms with Gasteiger partial charge in [0, 0.05) is 5.56 Å². The Labute approximate surface area is 204 Å². The van der Waals surface area contributed by atoms with E-state index in [1.165, 1.54) is 18.2 Å². The van der Waals surface area contributed by atoms with Gasteiger partial charge in [0.2, 0.25) is 0 Å². The lowest BCUT2D eigenvalue weighted by Crippen LogP contribution is -2.34. The van der Waals surface area contributed by atoms with E-state index in [0.29, 0.717) is 36.8 Å². The summed E-state index contributed by atoms with van der Waals surface area (Å²) < 4.78 is 6.21. The lowest BCUT2D eigenvalue weighted by Gasteiger charge is -2.36. The summed E-state index contributed by atoms with van der Waals surface area (Å²) in [4.78, 5) is 25.8. The fourth-order valence-electron chi connectivity index (χ4n) is 5.62. The van der Waals surface area contributed by atoms with E-state index in [9.17, 15) is 24.9 Å². The Morgan fingerprint density at radius 3 is 1.71 bits per heavy atom. The van der Waals surface area contributed by atoms with Crippen molar-refractivity contribution in [3.63, 3.8) is 0 Å². The molecule has 6 heteroatoms. The van der Waals surface area contributed by atoms with Crippen LogP contribution in [-0.2, 0) is 36.0 Å². The molecule has 0 amide bonds. The van der Waals surface area contributed by atoms with Gasteiger partial charge in [0.25, 0.3) is 0 Å². The van der Waals surface area contributed by atoms with Crippen molar-refractivity contribution in [1.29, 1.82) is 0 Å². The number of cyclic esters (lactones) is 1. The first kappa shape index (κ1) is 24.3. The van der Waals surface area contributed by atoms with E-state index >= 15 is 0 Å². The highest BCUT2D eigenvalue weighted by atomic mass is 16.6. The molecule has 0 unspecified atom stereocenters. The van der Waals surface area contributed by atoms with Crippen LogP contribution in [0, 0.1) is 0 Å². The molecule has 0 spiro atoms. The number of rotatable bonds is 7. The van der Waals surface area contributed by atoms with Crippen molar-refractivity contribution in [3.8, 4) is 11.5 Å². The molecule has 0 saturated carbocycles. The smallest absolute Gasteiger partial charge is 0.340 e. The predicted molar refractivity (Wildman–Crippen MR) is 132 cm³/mol. The highest BCUT2D eigenvalue weighted by molar-refractivity contribution is 6.02. The third-order valence-electron chi connectivity index (χ3n) is 7.06. The van der Waals surface area contributed by atoms with E-state index in [0.717, 1.165) is 22.3 Å². The molecule has 4 rings (SSSR count). The third kappa shape index (κ3) is 3.47. The third-order valence-corrected chi connectivity index (χ3v) is 7.06. The quantitative estimate of drug-likeness (QED) is 0.390. The molecule has 3 N–H and O–H groups in total. The molecule has 0 bridgehead atoms. The average molecular weight is 475 g/mol. The number of hydrogen-bond acceptors (Lipinski definition) is 5. The Bertz CT molecular complexity index is 1280. The molecule has 35 heavy (non-hydrogen) atoms. The number of fused-ring (bicyclic) bond motifs is 1. The van der Waals surface area contributed by atoms with Crippen molar-refractivity contribution in [2.24, 2.45) is 0 Å². The second kappa shape index (κ2) is 9.10. The number of ether oxygens (including phenoxy) is 1. The van der Waals surface area contributed by atoms with Crippen LogP contribution in [0.5, 0.6) is 11.5 Å². The minimum atomic E-state index is -1.83. The highest BCUT2D eigenvalue weighted by Crippen LogP contribution is 2.56. The summed E-state index contributed by atoms with van der Waals surface area (Å²) in [7, 11) is 0. The number of benzene rings is 3. The maximum atomic E-state index is 13.4. The molecule has 6 nitrogen and oxygen atoms in total. The van der Waals surface area contributed by atoms with Crippen molar-refractivity contribution in [3.05, 3.63) is 92.5 Å². The lowest BCUT2D eigenvalue weighted by molar-refractivity contribution is 0.0228. The van der Waals surface area contributed by atoms with Gasteiger partial charge in [-0.25, -0.2) is 9.59 Å². The predicted octanol–water partition coefficient (Wildman–Crippen LogP) is 5.51. The van der Waals surface area contributed by atoms with E-state index < -0.39 is 17.5 Å². The van der Waals surface area contributed by atoms with Gasteiger partial charge in [0.15, 0.2) is 5.60 Å². The van der Waals surface area contributed by atoms with Crippen molar-refractivity contribution in [2.75, 3.05) is 0 Å². The number of carboxylic acid groups (broad SMARTS) is 1. The number of esters is 1. The molecule has 0 aromatic heterocycles. The molecule has 0 fully saturated rings. The van der Waals surface area contributed by atoms with Gasteiger partial charge < -0.3 is 20.1 Å². The van der Waals surface area contributed by atoms with Crippen LogP contribution in [0.1, 0.15) is 87.4 Å². The number of aromatic carboxylic acids is 1. The molecule has 3 aromatic carbocycles. The van der Waals surface area contributed by atoms with Crippen LogP contribution in [0.4, 0.5) is 0 Å². The SMILES string of the molecule is CCc1ccc(O)c(C2(c3c(O)ccc(CC)c3CC)OC(=O)c3cccc(C(=O)O)c32)c1CC. The van der Waals surface area contributed by atoms with Crippen molar-refractivity contribution in [2.45, 2.75) is 59.0 Å². The zero-order chi connectivity index (χ0) is 25.5. The van der Waals surface area contributed by atoms with Crippen LogP contribution in [0.3, 0.4) is 0 Å². The molecule has 1 aliphatic rings. The van der Waals surface area contributed by atoms with Crippen molar-refractivity contribution in [1.82, 2.24) is 0 Å². The topological polar surface area (TPSA) is 104 Å². The minimum Gasteiger partial charge on any atom is -0.507 e. The first-order valence-electron chi connectivity index (χ1n) is 12.0. The Balaban J connectivity index is 2.33. The zero-order valence-corrected chi connectivity index (χ0v) is 20.4. The number of carbonyl (C=O) groups is 2. The molecule has 1 aliphatic heterocycles. The molecule has 0 aliphatic carbocycles. The first-order chi connectivity index (χ1) is 16.8. The normalized spacial score (nSPS) is 14.0. The molecule has 3 aromatic rings. The van der Waals surface area contributed by atoms with Crippen LogP contribution in [0.2, 0.25) is 0 Å². The number of aromatic hydroxyl groups is 2. The van der Waals surface area contributed by atoms with Crippen LogP contribution < -0.4 is 0 Å². The number of carboxylic acids is 1. The van der Waals surface area contributed by atoms with Gasteiger partial charge in [0.1, 0.15) is 11.5 Å². The van der Waals surface area contributed by atoms with E-state index in [1.54, 1.807) is 12.1 Å². The number of carbonyl (C=O) groups excluding carboxylic acids is 1. The fraction of sp³-hybridized carbons (Fsp3) is 0.310. The Morgan fingerprint density at radius 1 is 0.771 bits per heavy atom. The van der Waals surface area contributed by atoms with Crippen LogP contribution in [-0.4, -0.2) is 27.3 Å². The van der Waals surface area contributed by atoms with Gasteiger partial charge in [0.05, 0.1) is 22.3 Å². The molecule has 0 radical (unpaired) electrons. The van der Waals surface area contributed by atoms with Crippen LogP contribution in [0.15, 0.2) is 42.5 Å². The van der Waals surface area contributed by atoms with Crippen LogP contribution in [0.25, 0.3) is 0 Å². The minimum absolute atomic E-state index is 0.108. The summed E-state index contributed by atoms with van der Waals surface area (Å²) in [6.07, 6.45) is 2.34. The highest BCUT2D eigenvalue weighted by Gasteiger charge is 2.55. The summed E-state index contributed by atoms with van der Waals surface area (Å²) in [6.45, 7) is 7.86. The Hall–Kier alpha value is -3.80. The second-order valence-corrected chi connectivity index (χ2v) is 8.71. The average Bonchev–Trinajstić information content (AvgIpc) is 3.15. The van der Waals surface area contributed by atoms with Gasteiger partial charge in [-0.05, 0) is 72.2 Å². The monoisotopic (exact) mass is 474 g/mol. The standard InChI is InChI=1S/C29H30O6/c1-5-16-12-14-22(30)25(18(16)7-3)29(26-19(8-4)17(6-2)13-15-23(26)31)24-20(27(32)33)10-9-11-21(24)28(34)35-29/h9-15,30-31H,5-8H2,1-4H3,(H,32,33). The lowest BCUT2D eigenvalue weighted by atomic mass is 9.71. The molecular weight excluding hydrogens is 444 g/mol. The van der Waals surface area contributed by atoms with E-state index in [4.69, 9.17) is 4.74 Å². The maximum absolute atomic E-state index is 13.4. The summed E-state index contributed by atoms with van der Waals surface area (Å²) in [5, 5.41) is 32.8. The molecule has 0 saturated heterocycles. The Morgan fingerprint density at radius 2 is 1.29 bits per heavy atom. The second-order valence-electron chi connectivity index (χ2n) is 8.71. The van der Waals surface area contributed by atoms with Gasteiger partial charge in [-0.15, -0.1) is 0 Å². The molecule has 1 heterocycles. The number of aryl methyl sites for hydroxylation is 2. The summed E-state index contributed by atoms with van der Waals surface area (Å²) in [5.74, 6) is -2.17. The van der Waals surface area contributed by atoms with Crippen molar-refractivity contribution >= 4 is 11.9 Å². The first-order valence-corrected chi connectivity index (χ1v) is 12.0. The molecule has 0 atom stereocenters. The summed E-state index contributed by atoms with van der Waals surface area (Å²) >= 11 is 0. The summed E-state index contributed by atoms with van der Waals surface area (Å²) in [5.41, 5.74) is 2.32.